The van der Waals surface area contributed by atoms with Gasteiger partial charge in [0.25, 0.3) is 5.56 Å². The molecule has 0 fully saturated rings. The summed E-state index contributed by atoms with van der Waals surface area (Å²) < 4.78 is 1.33. The average Bonchev–Trinajstić information content (AvgIpc) is 2.45. The normalized spacial score (nSPS) is 10.7. The fourth-order valence-electron chi connectivity index (χ4n) is 1.96. The summed E-state index contributed by atoms with van der Waals surface area (Å²) in [5.41, 5.74) is 0.927. The SMILES string of the molecule is O=c1c(Cc2ccccc2)c(O)nc2ncccn12. The highest BCUT2D eigenvalue weighted by Gasteiger charge is 2.12. The molecule has 0 saturated carbocycles. The van der Waals surface area contributed by atoms with Gasteiger partial charge in [0.2, 0.25) is 11.7 Å². The Labute approximate surface area is 108 Å². The van der Waals surface area contributed by atoms with E-state index in [4.69, 9.17) is 0 Å². The number of aromatic nitrogens is 3. The summed E-state index contributed by atoms with van der Waals surface area (Å²) in [6, 6.07) is 11.1. The minimum Gasteiger partial charge on any atom is -0.493 e. The number of fused-ring (bicyclic) bond motifs is 1. The van der Waals surface area contributed by atoms with Gasteiger partial charge in [0, 0.05) is 18.8 Å². The molecular formula is C14H11N3O2. The molecule has 0 aliphatic rings. The molecular weight excluding hydrogens is 242 g/mol. The van der Waals surface area contributed by atoms with Gasteiger partial charge >= 0.3 is 0 Å². The molecule has 0 amide bonds. The van der Waals surface area contributed by atoms with Crippen LogP contribution in [-0.2, 0) is 6.42 Å². The first kappa shape index (κ1) is 11.4. The summed E-state index contributed by atoms with van der Waals surface area (Å²) in [6.45, 7) is 0. The van der Waals surface area contributed by atoms with Crippen molar-refractivity contribution in [3.05, 3.63) is 70.3 Å². The topological polar surface area (TPSA) is 67.5 Å². The molecule has 3 aromatic rings. The third-order valence-electron chi connectivity index (χ3n) is 2.90. The van der Waals surface area contributed by atoms with E-state index in [0.717, 1.165) is 5.56 Å². The van der Waals surface area contributed by atoms with Gasteiger partial charge in [0.15, 0.2) is 0 Å². The maximum absolute atomic E-state index is 12.3. The zero-order chi connectivity index (χ0) is 13.2. The van der Waals surface area contributed by atoms with E-state index in [1.807, 2.05) is 30.3 Å². The van der Waals surface area contributed by atoms with Crippen LogP contribution >= 0.6 is 0 Å². The molecule has 0 radical (unpaired) electrons. The molecule has 0 saturated heterocycles. The molecule has 1 aromatic carbocycles. The summed E-state index contributed by atoms with van der Waals surface area (Å²) >= 11 is 0. The lowest BCUT2D eigenvalue weighted by Crippen LogP contribution is -2.20. The zero-order valence-electron chi connectivity index (χ0n) is 10.0. The second-order valence-electron chi connectivity index (χ2n) is 4.17. The lowest BCUT2D eigenvalue weighted by molar-refractivity contribution is 0.445. The molecule has 2 aromatic heterocycles. The van der Waals surface area contributed by atoms with Crippen LogP contribution in [0.4, 0.5) is 0 Å². The minimum atomic E-state index is -0.292. The van der Waals surface area contributed by atoms with Gasteiger partial charge in [-0.3, -0.25) is 9.20 Å². The maximum Gasteiger partial charge on any atom is 0.266 e. The van der Waals surface area contributed by atoms with Crippen molar-refractivity contribution >= 4 is 5.78 Å². The van der Waals surface area contributed by atoms with Crippen molar-refractivity contribution in [1.82, 2.24) is 14.4 Å². The number of benzene rings is 1. The fraction of sp³-hybridized carbons (Fsp3) is 0.0714. The molecule has 5 nitrogen and oxygen atoms in total. The number of hydrogen-bond acceptors (Lipinski definition) is 4. The molecule has 94 valence electrons. The molecule has 0 atom stereocenters. The third-order valence-corrected chi connectivity index (χ3v) is 2.90. The van der Waals surface area contributed by atoms with E-state index in [1.54, 1.807) is 12.3 Å². The quantitative estimate of drug-likeness (QED) is 0.749. The molecule has 0 aliphatic heterocycles. The Morgan fingerprint density at radius 2 is 1.95 bits per heavy atom. The van der Waals surface area contributed by atoms with Gasteiger partial charge in [-0.15, -0.1) is 0 Å². The molecule has 5 heteroatoms. The van der Waals surface area contributed by atoms with Crippen molar-refractivity contribution in [1.29, 1.82) is 0 Å². The molecule has 19 heavy (non-hydrogen) atoms. The predicted octanol–water partition coefficient (Wildman–Crippen LogP) is 1.39. The lowest BCUT2D eigenvalue weighted by Gasteiger charge is -2.05. The molecule has 0 bridgehead atoms. The summed E-state index contributed by atoms with van der Waals surface area (Å²) in [5.74, 6) is -0.0608. The Morgan fingerprint density at radius 1 is 1.16 bits per heavy atom. The van der Waals surface area contributed by atoms with Crippen LogP contribution < -0.4 is 5.56 Å². The highest BCUT2D eigenvalue weighted by atomic mass is 16.3. The van der Waals surface area contributed by atoms with E-state index in [9.17, 15) is 9.90 Å². The fourth-order valence-corrected chi connectivity index (χ4v) is 1.96. The Bertz CT molecular complexity index is 782. The lowest BCUT2D eigenvalue weighted by atomic mass is 10.1. The van der Waals surface area contributed by atoms with Gasteiger partial charge in [-0.1, -0.05) is 30.3 Å². The monoisotopic (exact) mass is 253 g/mol. The molecule has 0 aliphatic carbocycles. The average molecular weight is 253 g/mol. The van der Waals surface area contributed by atoms with E-state index in [1.165, 1.54) is 10.6 Å². The van der Waals surface area contributed by atoms with Gasteiger partial charge in [0.05, 0.1) is 5.56 Å². The van der Waals surface area contributed by atoms with Crippen LogP contribution in [0, 0.1) is 0 Å². The summed E-state index contributed by atoms with van der Waals surface area (Å²) in [4.78, 5) is 20.2. The van der Waals surface area contributed by atoms with Crippen molar-refractivity contribution in [2.75, 3.05) is 0 Å². The second-order valence-corrected chi connectivity index (χ2v) is 4.17. The standard InChI is InChI=1S/C14H11N3O2/c18-12-11(9-10-5-2-1-3-6-10)13(19)17-8-4-7-15-14(17)16-12/h1-8,18H,9H2. The van der Waals surface area contributed by atoms with E-state index in [-0.39, 0.29) is 22.8 Å². The first-order valence-corrected chi connectivity index (χ1v) is 5.85. The molecule has 0 spiro atoms. The number of hydrogen-bond donors (Lipinski definition) is 1. The van der Waals surface area contributed by atoms with Gasteiger partial charge in [-0.25, -0.2) is 4.98 Å². The van der Waals surface area contributed by atoms with Crippen LogP contribution in [-0.4, -0.2) is 19.5 Å². The highest BCUT2D eigenvalue weighted by molar-refractivity contribution is 5.38. The first-order valence-electron chi connectivity index (χ1n) is 5.85. The second kappa shape index (κ2) is 4.53. The van der Waals surface area contributed by atoms with E-state index in [0.29, 0.717) is 6.42 Å². The minimum absolute atomic E-state index is 0.196. The summed E-state index contributed by atoms with van der Waals surface area (Å²) in [7, 11) is 0. The number of rotatable bonds is 2. The first-order chi connectivity index (χ1) is 9.25. The maximum atomic E-state index is 12.3. The molecule has 0 unspecified atom stereocenters. The van der Waals surface area contributed by atoms with Crippen LogP contribution in [0.2, 0.25) is 0 Å². The van der Waals surface area contributed by atoms with Crippen LogP contribution in [0.1, 0.15) is 11.1 Å². The highest BCUT2D eigenvalue weighted by Crippen LogP contribution is 2.14. The number of nitrogens with zero attached hydrogens (tertiary/aromatic N) is 3. The third kappa shape index (κ3) is 2.06. The molecule has 2 heterocycles. The smallest absolute Gasteiger partial charge is 0.266 e. The Kier molecular flexibility index (Phi) is 2.72. The van der Waals surface area contributed by atoms with Gasteiger partial charge < -0.3 is 5.11 Å². The zero-order valence-corrected chi connectivity index (χ0v) is 10.0. The van der Waals surface area contributed by atoms with Gasteiger partial charge in [-0.05, 0) is 11.6 Å². The number of aromatic hydroxyl groups is 1. The van der Waals surface area contributed by atoms with Crippen molar-refractivity contribution in [2.45, 2.75) is 6.42 Å². The van der Waals surface area contributed by atoms with E-state index >= 15 is 0 Å². The molecule has 1 N–H and O–H groups in total. The largest absolute Gasteiger partial charge is 0.493 e. The van der Waals surface area contributed by atoms with Crippen molar-refractivity contribution in [3.8, 4) is 5.88 Å². The van der Waals surface area contributed by atoms with Crippen molar-refractivity contribution in [2.24, 2.45) is 0 Å². The van der Waals surface area contributed by atoms with Crippen LogP contribution in [0.5, 0.6) is 5.88 Å². The summed E-state index contributed by atoms with van der Waals surface area (Å²) in [6.07, 6.45) is 3.46. The van der Waals surface area contributed by atoms with Crippen LogP contribution in [0.15, 0.2) is 53.6 Å². The van der Waals surface area contributed by atoms with Gasteiger partial charge in [-0.2, -0.15) is 4.98 Å². The van der Waals surface area contributed by atoms with Crippen LogP contribution in [0.25, 0.3) is 5.78 Å². The Balaban J connectivity index is 2.16. The van der Waals surface area contributed by atoms with E-state index in [2.05, 4.69) is 9.97 Å². The predicted molar refractivity (Wildman–Crippen MR) is 70.2 cm³/mol. The Morgan fingerprint density at radius 3 is 2.74 bits per heavy atom. The van der Waals surface area contributed by atoms with Crippen LogP contribution in [0.3, 0.4) is 0 Å². The molecule has 3 rings (SSSR count). The Hall–Kier alpha value is -2.69. The van der Waals surface area contributed by atoms with Crippen molar-refractivity contribution < 1.29 is 5.11 Å². The van der Waals surface area contributed by atoms with E-state index < -0.39 is 0 Å². The van der Waals surface area contributed by atoms with Gasteiger partial charge in [0.1, 0.15) is 0 Å². The van der Waals surface area contributed by atoms with Crippen molar-refractivity contribution in [3.63, 3.8) is 0 Å². The summed E-state index contributed by atoms with van der Waals surface area (Å²) in [5, 5.41) is 9.89.